The molecule has 1 heterocycles. The van der Waals surface area contributed by atoms with Gasteiger partial charge in [-0.05, 0) is 30.4 Å². The van der Waals surface area contributed by atoms with Crippen LogP contribution in [0.15, 0.2) is 23.1 Å². The predicted molar refractivity (Wildman–Crippen MR) is 69.5 cm³/mol. The van der Waals surface area contributed by atoms with Crippen LogP contribution in [-0.4, -0.2) is 29.1 Å². The maximum absolute atomic E-state index is 11.8. The SMILES string of the molecule is CC(C)(CCCO)CNC(=O)c1ccc[nH]c1=O. The second-order valence-corrected chi connectivity index (χ2v) is 5.09. The van der Waals surface area contributed by atoms with Crippen LogP contribution in [0, 0.1) is 5.41 Å². The summed E-state index contributed by atoms with van der Waals surface area (Å²) in [6, 6.07) is 3.11. The van der Waals surface area contributed by atoms with Gasteiger partial charge in [-0.1, -0.05) is 13.8 Å². The molecule has 18 heavy (non-hydrogen) atoms. The van der Waals surface area contributed by atoms with Crippen LogP contribution in [0.25, 0.3) is 0 Å². The topological polar surface area (TPSA) is 82.2 Å². The van der Waals surface area contributed by atoms with Gasteiger partial charge < -0.3 is 15.4 Å². The van der Waals surface area contributed by atoms with E-state index in [0.29, 0.717) is 13.0 Å². The fourth-order valence-electron chi connectivity index (χ4n) is 1.66. The fourth-order valence-corrected chi connectivity index (χ4v) is 1.66. The largest absolute Gasteiger partial charge is 0.396 e. The molecule has 0 radical (unpaired) electrons. The highest BCUT2D eigenvalue weighted by Crippen LogP contribution is 2.20. The zero-order chi connectivity index (χ0) is 13.6. The third kappa shape index (κ3) is 4.33. The van der Waals surface area contributed by atoms with Crippen molar-refractivity contribution < 1.29 is 9.90 Å². The Morgan fingerprint density at radius 3 is 2.83 bits per heavy atom. The van der Waals surface area contributed by atoms with E-state index in [1.807, 2.05) is 13.8 Å². The van der Waals surface area contributed by atoms with Gasteiger partial charge in [0.05, 0.1) is 0 Å². The summed E-state index contributed by atoms with van der Waals surface area (Å²) < 4.78 is 0. The average molecular weight is 252 g/mol. The van der Waals surface area contributed by atoms with Crippen molar-refractivity contribution >= 4 is 5.91 Å². The molecule has 0 saturated carbocycles. The van der Waals surface area contributed by atoms with Crippen molar-refractivity contribution in [1.29, 1.82) is 0 Å². The third-order valence-electron chi connectivity index (χ3n) is 2.80. The van der Waals surface area contributed by atoms with Gasteiger partial charge in [0.15, 0.2) is 0 Å². The molecule has 0 aromatic carbocycles. The first-order chi connectivity index (χ1) is 8.46. The molecule has 0 saturated heterocycles. The Morgan fingerprint density at radius 1 is 1.50 bits per heavy atom. The third-order valence-corrected chi connectivity index (χ3v) is 2.80. The smallest absolute Gasteiger partial charge is 0.260 e. The van der Waals surface area contributed by atoms with Gasteiger partial charge in [0.25, 0.3) is 11.5 Å². The molecule has 5 heteroatoms. The number of hydrogen-bond acceptors (Lipinski definition) is 3. The second-order valence-electron chi connectivity index (χ2n) is 5.09. The molecule has 0 fully saturated rings. The zero-order valence-electron chi connectivity index (χ0n) is 10.8. The quantitative estimate of drug-likeness (QED) is 0.703. The van der Waals surface area contributed by atoms with Crippen LogP contribution in [0.3, 0.4) is 0 Å². The van der Waals surface area contributed by atoms with E-state index < -0.39 is 0 Å². The van der Waals surface area contributed by atoms with Crippen molar-refractivity contribution in [2.75, 3.05) is 13.2 Å². The Kier molecular flexibility index (Phi) is 5.09. The molecule has 100 valence electrons. The summed E-state index contributed by atoms with van der Waals surface area (Å²) in [6.45, 7) is 4.65. The Balaban J connectivity index is 2.56. The lowest BCUT2D eigenvalue weighted by Gasteiger charge is -2.24. The van der Waals surface area contributed by atoms with Crippen LogP contribution in [0.2, 0.25) is 0 Å². The van der Waals surface area contributed by atoms with E-state index in [-0.39, 0.29) is 29.1 Å². The molecule has 1 aromatic heterocycles. The summed E-state index contributed by atoms with van der Waals surface area (Å²) in [5.41, 5.74) is -0.362. The molecule has 3 N–H and O–H groups in total. The molecule has 1 amide bonds. The molecule has 0 aliphatic heterocycles. The number of carbonyl (C=O) groups excluding carboxylic acids is 1. The number of aromatic amines is 1. The molecule has 0 unspecified atom stereocenters. The maximum atomic E-state index is 11.8. The van der Waals surface area contributed by atoms with Crippen LogP contribution in [0.4, 0.5) is 0 Å². The first-order valence-electron chi connectivity index (χ1n) is 6.03. The zero-order valence-corrected chi connectivity index (χ0v) is 10.8. The van der Waals surface area contributed by atoms with Crippen LogP contribution >= 0.6 is 0 Å². The summed E-state index contributed by atoms with van der Waals surface area (Å²) in [4.78, 5) is 25.7. The van der Waals surface area contributed by atoms with E-state index in [1.54, 1.807) is 6.07 Å². The fraction of sp³-hybridized carbons (Fsp3) is 0.538. The van der Waals surface area contributed by atoms with Crippen LogP contribution in [-0.2, 0) is 0 Å². The number of hydrogen-bond donors (Lipinski definition) is 3. The molecule has 0 aliphatic carbocycles. The van der Waals surface area contributed by atoms with Crippen LogP contribution in [0.5, 0.6) is 0 Å². The molecule has 0 spiro atoms. The minimum absolute atomic E-state index is 0.0973. The maximum Gasteiger partial charge on any atom is 0.260 e. The highest BCUT2D eigenvalue weighted by molar-refractivity contribution is 5.93. The van der Waals surface area contributed by atoms with E-state index in [1.165, 1.54) is 12.3 Å². The lowest BCUT2D eigenvalue weighted by atomic mass is 9.88. The predicted octanol–water partition coefficient (Wildman–Crippen LogP) is 0.903. The van der Waals surface area contributed by atoms with Crippen molar-refractivity contribution in [3.05, 3.63) is 34.2 Å². The molecule has 1 aromatic rings. The molecular formula is C13H20N2O3. The van der Waals surface area contributed by atoms with Gasteiger partial charge in [-0.3, -0.25) is 9.59 Å². The Labute approximate surface area is 106 Å². The van der Waals surface area contributed by atoms with Crippen molar-refractivity contribution in [2.45, 2.75) is 26.7 Å². The van der Waals surface area contributed by atoms with Crippen LogP contribution < -0.4 is 10.9 Å². The standard InChI is InChI=1S/C13H20N2O3/c1-13(2,6-4-8-16)9-15-12(18)10-5-3-7-14-11(10)17/h3,5,7,16H,4,6,8-9H2,1-2H3,(H,14,17)(H,15,18). The highest BCUT2D eigenvalue weighted by Gasteiger charge is 2.19. The van der Waals surface area contributed by atoms with Gasteiger partial charge in [-0.2, -0.15) is 0 Å². The number of pyridine rings is 1. The monoisotopic (exact) mass is 252 g/mol. The average Bonchev–Trinajstić information content (AvgIpc) is 2.34. The first-order valence-corrected chi connectivity index (χ1v) is 6.03. The number of nitrogens with one attached hydrogen (secondary N) is 2. The lowest BCUT2D eigenvalue weighted by Crippen LogP contribution is -2.36. The molecular weight excluding hydrogens is 232 g/mol. The van der Waals surface area contributed by atoms with Gasteiger partial charge >= 0.3 is 0 Å². The first kappa shape index (κ1) is 14.4. The number of rotatable bonds is 6. The summed E-state index contributed by atoms with van der Waals surface area (Å²) in [7, 11) is 0. The van der Waals surface area contributed by atoms with Gasteiger partial charge in [-0.15, -0.1) is 0 Å². The number of aliphatic hydroxyl groups excluding tert-OH is 1. The summed E-state index contributed by atoms with van der Waals surface area (Å²) in [5.74, 6) is -0.367. The summed E-state index contributed by atoms with van der Waals surface area (Å²) in [5, 5.41) is 11.5. The number of H-pyrrole nitrogens is 1. The van der Waals surface area contributed by atoms with Gasteiger partial charge in [-0.25, -0.2) is 0 Å². The van der Waals surface area contributed by atoms with Crippen LogP contribution in [0.1, 0.15) is 37.0 Å². The van der Waals surface area contributed by atoms with Crippen molar-refractivity contribution in [2.24, 2.45) is 5.41 Å². The van der Waals surface area contributed by atoms with E-state index in [4.69, 9.17) is 5.11 Å². The molecule has 0 aliphatic rings. The van der Waals surface area contributed by atoms with Crippen molar-refractivity contribution in [1.82, 2.24) is 10.3 Å². The van der Waals surface area contributed by atoms with E-state index >= 15 is 0 Å². The number of amides is 1. The lowest BCUT2D eigenvalue weighted by molar-refractivity contribution is 0.0931. The molecule has 1 rings (SSSR count). The Hall–Kier alpha value is -1.62. The van der Waals surface area contributed by atoms with Gasteiger partial charge in [0, 0.05) is 19.3 Å². The van der Waals surface area contributed by atoms with Gasteiger partial charge in [0.2, 0.25) is 0 Å². The normalized spacial score (nSPS) is 11.3. The second kappa shape index (κ2) is 6.35. The Morgan fingerprint density at radius 2 is 2.22 bits per heavy atom. The van der Waals surface area contributed by atoms with Crippen molar-refractivity contribution in [3.8, 4) is 0 Å². The van der Waals surface area contributed by atoms with E-state index in [2.05, 4.69) is 10.3 Å². The minimum Gasteiger partial charge on any atom is -0.396 e. The number of aromatic nitrogens is 1. The molecule has 5 nitrogen and oxygen atoms in total. The van der Waals surface area contributed by atoms with E-state index in [9.17, 15) is 9.59 Å². The number of aliphatic hydroxyl groups is 1. The Bertz CT molecular complexity index is 452. The number of carbonyl (C=O) groups is 1. The minimum atomic E-state index is -0.386. The van der Waals surface area contributed by atoms with Gasteiger partial charge in [0.1, 0.15) is 5.56 Å². The van der Waals surface area contributed by atoms with E-state index in [0.717, 1.165) is 6.42 Å². The summed E-state index contributed by atoms with van der Waals surface area (Å²) in [6.07, 6.45) is 3.01. The summed E-state index contributed by atoms with van der Waals surface area (Å²) >= 11 is 0. The highest BCUT2D eigenvalue weighted by atomic mass is 16.3. The molecule has 0 atom stereocenters. The van der Waals surface area contributed by atoms with Crippen molar-refractivity contribution in [3.63, 3.8) is 0 Å². The molecule has 0 bridgehead atoms.